The molecule has 0 unspecified atom stereocenters. The van der Waals surface area contributed by atoms with Crippen LogP contribution in [0.2, 0.25) is 0 Å². The molecule has 4 heteroatoms. The summed E-state index contributed by atoms with van der Waals surface area (Å²) in [5.41, 5.74) is 17.7. The van der Waals surface area contributed by atoms with Crippen molar-refractivity contribution in [1.29, 1.82) is 0 Å². The summed E-state index contributed by atoms with van der Waals surface area (Å²) in [6.07, 6.45) is 0. The lowest BCUT2D eigenvalue weighted by atomic mass is 9.95. The predicted octanol–water partition coefficient (Wildman–Crippen LogP) is 16.3. The van der Waals surface area contributed by atoms with E-state index in [2.05, 4.69) is 205 Å². The summed E-state index contributed by atoms with van der Waals surface area (Å²) >= 11 is 0. The molecule has 0 aliphatic rings. The Hall–Kier alpha value is -8.47. The van der Waals surface area contributed by atoms with E-state index in [-0.39, 0.29) is 0 Å². The molecule has 0 aliphatic heterocycles. The maximum absolute atomic E-state index is 6.67. The van der Waals surface area contributed by atoms with Crippen LogP contribution >= 0.6 is 0 Å². The highest BCUT2D eigenvalue weighted by Gasteiger charge is 2.20. The van der Waals surface area contributed by atoms with Gasteiger partial charge in [-0.15, -0.1) is 0 Å². The molecule has 0 atom stereocenters. The van der Waals surface area contributed by atoms with Crippen LogP contribution in [0.4, 0.5) is 0 Å². The third-order valence-corrected chi connectivity index (χ3v) is 12.6. The zero-order valence-corrected chi connectivity index (χ0v) is 34.0. The second kappa shape index (κ2) is 14.1. The average Bonchev–Trinajstić information content (AvgIpc) is 4.04. The van der Waals surface area contributed by atoms with E-state index < -0.39 is 0 Å². The van der Waals surface area contributed by atoms with Crippen molar-refractivity contribution in [2.24, 2.45) is 0 Å². The number of benzene rings is 9. The van der Waals surface area contributed by atoms with E-state index in [9.17, 15) is 0 Å². The number of pyridine rings is 1. The molecular formula is C59H36N2O2. The Morgan fingerprint density at radius 2 is 0.905 bits per heavy atom. The van der Waals surface area contributed by atoms with Crippen LogP contribution in [0.15, 0.2) is 227 Å². The van der Waals surface area contributed by atoms with Gasteiger partial charge in [-0.25, -0.2) is 4.98 Å². The minimum Gasteiger partial charge on any atom is -0.456 e. The molecule has 4 heterocycles. The SMILES string of the molecule is c1ccc(-c2cc(-c3ccc(-c4cccc5oc6ccc(-c7ccc8c(c7)c7c9oc%10ccccc%10c9ccc7n8-c7ccccc7)cc6c45)cc3)cc(-c3ccccc3)n2)cc1. The number of hydrogen-bond donors (Lipinski definition) is 0. The van der Waals surface area contributed by atoms with Crippen LogP contribution in [0.1, 0.15) is 0 Å². The average molecular weight is 805 g/mol. The number of rotatable bonds is 6. The van der Waals surface area contributed by atoms with Crippen molar-refractivity contribution in [3.8, 4) is 61.6 Å². The van der Waals surface area contributed by atoms with Gasteiger partial charge in [-0.05, 0) is 106 Å². The van der Waals surface area contributed by atoms with Gasteiger partial charge in [0.05, 0.1) is 27.8 Å². The first kappa shape index (κ1) is 35.3. The number of furan rings is 2. The Bertz CT molecular complexity index is 3820. The van der Waals surface area contributed by atoms with E-state index in [1.165, 1.54) is 0 Å². The van der Waals surface area contributed by atoms with E-state index in [0.717, 1.165) is 127 Å². The van der Waals surface area contributed by atoms with Gasteiger partial charge in [-0.1, -0.05) is 146 Å². The molecule has 0 spiro atoms. The molecule has 9 aromatic carbocycles. The fourth-order valence-electron chi connectivity index (χ4n) is 9.62. The summed E-state index contributed by atoms with van der Waals surface area (Å²) in [5.74, 6) is 0. The molecule has 4 nitrogen and oxygen atoms in total. The largest absolute Gasteiger partial charge is 0.456 e. The van der Waals surface area contributed by atoms with Gasteiger partial charge in [-0.2, -0.15) is 0 Å². The monoisotopic (exact) mass is 804 g/mol. The van der Waals surface area contributed by atoms with Crippen molar-refractivity contribution < 1.29 is 8.83 Å². The highest BCUT2D eigenvalue weighted by Crippen LogP contribution is 2.44. The fourth-order valence-corrected chi connectivity index (χ4v) is 9.62. The quantitative estimate of drug-likeness (QED) is 0.168. The molecule has 0 saturated carbocycles. The Labute approximate surface area is 362 Å². The van der Waals surface area contributed by atoms with Gasteiger partial charge in [0.1, 0.15) is 22.3 Å². The number of para-hydroxylation sites is 2. The van der Waals surface area contributed by atoms with Gasteiger partial charge >= 0.3 is 0 Å². The molecule has 13 rings (SSSR count). The van der Waals surface area contributed by atoms with Crippen LogP contribution in [-0.2, 0) is 0 Å². The number of hydrogen-bond acceptors (Lipinski definition) is 3. The van der Waals surface area contributed by atoms with Crippen molar-refractivity contribution in [2.75, 3.05) is 0 Å². The number of nitrogens with zero attached hydrogens (tertiary/aromatic N) is 2. The highest BCUT2D eigenvalue weighted by molar-refractivity contribution is 6.24. The van der Waals surface area contributed by atoms with E-state index in [0.29, 0.717) is 0 Å². The minimum atomic E-state index is 0.863. The third kappa shape index (κ3) is 5.73. The first-order valence-corrected chi connectivity index (χ1v) is 21.4. The van der Waals surface area contributed by atoms with Gasteiger partial charge in [0, 0.05) is 43.7 Å². The van der Waals surface area contributed by atoms with Gasteiger partial charge in [0.2, 0.25) is 0 Å². The van der Waals surface area contributed by atoms with Crippen LogP contribution in [0.5, 0.6) is 0 Å². The minimum absolute atomic E-state index is 0.863. The summed E-state index contributed by atoms with van der Waals surface area (Å²) in [6, 6.07) is 77.2. The second-order valence-electron chi connectivity index (χ2n) is 16.3. The molecule has 294 valence electrons. The van der Waals surface area contributed by atoms with Crippen molar-refractivity contribution in [2.45, 2.75) is 0 Å². The van der Waals surface area contributed by atoms with Crippen LogP contribution in [-0.4, -0.2) is 9.55 Å². The Morgan fingerprint density at radius 1 is 0.317 bits per heavy atom. The van der Waals surface area contributed by atoms with E-state index in [1.807, 2.05) is 18.2 Å². The van der Waals surface area contributed by atoms with Crippen LogP contribution in [0, 0.1) is 0 Å². The lowest BCUT2D eigenvalue weighted by Gasteiger charge is -2.11. The molecule has 13 aromatic rings. The Balaban J connectivity index is 0.937. The number of fused-ring (bicyclic) bond motifs is 10. The van der Waals surface area contributed by atoms with Crippen molar-refractivity contribution in [3.05, 3.63) is 218 Å². The topological polar surface area (TPSA) is 44.1 Å². The van der Waals surface area contributed by atoms with Crippen LogP contribution in [0.3, 0.4) is 0 Å². The first-order chi connectivity index (χ1) is 31.2. The zero-order valence-electron chi connectivity index (χ0n) is 34.0. The summed E-state index contributed by atoms with van der Waals surface area (Å²) in [7, 11) is 0. The van der Waals surface area contributed by atoms with Gasteiger partial charge in [0.25, 0.3) is 0 Å². The van der Waals surface area contributed by atoms with Crippen LogP contribution in [0.25, 0.3) is 127 Å². The maximum atomic E-state index is 6.67. The third-order valence-electron chi connectivity index (χ3n) is 12.6. The fraction of sp³-hybridized carbons (Fsp3) is 0. The Kier molecular flexibility index (Phi) is 7.87. The van der Waals surface area contributed by atoms with E-state index >= 15 is 0 Å². The molecule has 0 bridgehead atoms. The van der Waals surface area contributed by atoms with Crippen molar-refractivity contribution in [3.63, 3.8) is 0 Å². The molecular weight excluding hydrogens is 769 g/mol. The predicted molar refractivity (Wildman–Crippen MR) is 260 cm³/mol. The van der Waals surface area contributed by atoms with E-state index in [4.69, 9.17) is 13.8 Å². The number of aromatic nitrogens is 2. The van der Waals surface area contributed by atoms with E-state index in [1.54, 1.807) is 0 Å². The maximum Gasteiger partial charge on any atom is 0.145 e. The van der Waals surface area contributed by atoms with Crippen molar-refractivity contribution in [1.82, 2.24) is 9.55 Å². The van der Waals surface area contributed by atoms with Gasteiger partial charge < -0.3 is 13.4 Å². The lowest BCUT2D eigenvalue weighted by molar-refractivity contribution is 0.669. The normalized spacial score (nSPS) is 11.8. The zero-order chi connectivity index (χ0) is 41.4. The summed E-state index contributed by atoms with van der Waals surface area (Å²) in [6.45, 7) is 0. The second-order valence-corrected chi connectivity index (χ2v) is 16.3. The highest BCUT2D eigenvalue weighted by atomic mass is 16.3. The summed E-state index contributed by atoms with van der Waals surface area (Å²) < 4.78 is 15.6. The molecule has 0 amide bonds. The lowest BCUT2D eigenvalue weighted by Crippen LogP contribution is -1.92. The van der Waals surface area contributed by atoms with Gasteiger partial charge in [0.15, 0.2) is 0 Å². The Morgan fingerprint density at radius 3 is 1.65 bits per heavy atom. The molecule has 0 radical (unpaired) electrons. The molecule has 4 aromatic heterocycles. The summed E-state index contributed by atoms with van der Waals surface area (Å²) in [5, 5.41) is 6.70. The first-order valence-electron chi connectivity index (χ1n) is 21.4. The molecule has 0 N–H and O–H groups in total. The molecule has 0 fully saturated rings. The van der Waals surface area contributed by atoms with Gasteiger partial charge in [-0.3, -0.25) is 0 Å². The van der Waals surface area contributed by atoms with Crippen LogP contribution < -0.4 is 0 Å². The summed E-state index contributed by atoms with van der Waals surface area (Å²) in [4.78, 5) is 5.10. The molecule has 0 aliphatic carbocycles. The smallest absolute Gasteiger partial charge is 0.145 e. The standard InChI is InChI=1S/C59H36N2O2/c1-4-13-39(14-5-1)50-35-43(36-51(60-50)40-15-6-2-7-16-40)37-23-25-38(26-24-37)45-20-12-22-56-57(45)49-34-42(28-32-55(49)62-56)41-27-30-52-48(33-41)58-53(61(52)44-17-8-3-9-18-44)31-29-47-46-19-10-11-21-54(46)63-59(47)58/h1-36H. The molecule has 63 heavy (non-hydrogen) atoms. The van der Waals surface area contributed by atoms with Crippen molar-refractivity contribution >= 4 is 65.7 Å². The molecule has 0 saturated heterocycles.